The molecule has 0 aliphatic carbocycles. The second-order valence-corrected chi connectivity index (χ2v) is 2.80. The van der Waals surface area contributed by atoms with Crippen LogP contribution in [-0.4, -0.2) is 22.7 Å². The van der Waals surface area contributed by atoms with Gasteiger partial charge in [-0.2, -0.15) is 0 Å². The molecule has 0 saturated heterocycles. The van der Waals surface area contributed by atoms with Crippen molar-refractivity contribution in [3.8, 4) is 0 Å². The predicted molar refractivity (Wildman–Crippen MR) is 36.4 cm³/mol. The third kappa shape index (κ3) is 6.14. The van der Waals surface area contributed by atoms with Crippen LogP contribution in [0.2, 0.25) is 0 Å². The maximum Gasteiger partial charge on any atom is 0.304 e. The van der Waals surface area contributed by atoms with Crippen LogP contribution < -0.4 is 0 Å². The van der Waals surface area contributed by atoms with Crippen molar-refractivity contribution in [1.29, 1.82) is 0 Å². The van der Waals surface area contributed by atoms with Crippen molar-refractivity contribution in [2.45, 2.75) is 26.9 Å². The molecule has 0 amide bonds. The number of hydrogen-bond acceptors (Lipinski definition) is 2. The van der Waals surface area contributed by atoms with Gasteiger partial charge in [-0.25, -0.2) is 0 Å². The van der Waals surface area contributed by atoms with E-state index in [2.05, 4.69) is 0 Å². The molecule has 0 rings (SSSR count). The minimum absolute atomic E-state index is 0.341. The van der Waals surface area contributed by atoms with Gasteiger partial charge in [0.05, 0.1) is 0 Å². The first-order valence-electron chi connectivity index (χ1n) is 2.96. The second-order valence-electron chi connectivity index (χ2n) is 1.83. The number of hydrogen-bond donors (Lipinski definition) is 0. The molecule has 0 aromatic carbocycles. The zero-order chi connectivity index (χ0) is 6.41. The van der Waals surface area contributed by atoms with E-state index in [9.17, 15) is 0 Å². The van der Waals surface area contributed by atoms with Crippen molar-refractivity contribution in [2.24, 2.45) is 0 Å². The third-order valence-corrected chi connectivity index (χ3v) is 2.07. The molecule has 0 fully saturated rings. The van der Waals surface area contributed by atoms with E-state index < -0.39 is 10.0 Å². The van der Waals surface area contributed by atoms with Crippen molar-refractivity contribution in [3.63, 3.8) is 0 Å². The SMILES string of the molecule is CCO[SiH2]OC(C)C. The summed E-state index contributed by atoms with van der Waals surface area (Å²) in [6, 6.07) is 0. The third-order valence-electron chi connectivity index (χ3n) is 0.689. The van der Waals surface area contributed by atoms with Crippen LogP contribution in [0, 0.1) is 0 Å². The average molecular weight is 134 g/mol. The van der Waals surface area contributed by atoms with Gasteiger partial charge < -0.3 is 8.85 Å². The van der Waals surface area contributed by atoms with E-state index in [0.29, 0.717) is 6.10 Å². The summed E-state index contributed by atoms with van der Waals surface area (Å²) in [5.74, 6) is 0. The van der Waals surface area contributed by atoms with Crippen molar-refractivity contribution in [1.82, 2.24) is 0 Å². The van der Waals surface area contributed by atoms with Crippen molar-refractivity contribution < 1.29 is 8.85 Å². The molecule has 0 aliphatic rings. The Labute approximate surface area is 53.2 Å². The molecule has 0 radical (unpaired) electrons. The maximum atomic E-state index is 5.20. The van der Waals surface area contributed by atoms with Gasteiger partial charge >= 0.3 is 10.0 Å². The van der Waals surface area contributed by atoms with Gasteiger partial charge in [-0.05, 0) is 20.8 Å². The lowest BCUT2D eigenvalue weighted by molar-refractivity contribution is 0.185. The fourth-order valence-electron chi connectivity index (χ4n) is 0.268. The molecule has 0 aliphatic heterocycles. The smallest absolute Gasteiger partial charge is 0.304 e. The van der Waals surface area contributed by atoms with Gasteiger partial charge in [0.2, 0.25) is 0 Å². The summed E-state index contributed by atoms with van der Waals surface area (Å²) >= 11 is 0. The summed E-state index contributed by atoms with van der Waals surface area (Å²) in [5, 5.41) is 0. The first-order chi connectivity index (χ1) is 3.77. The highest BCUT2D eigenvalue weighted by Gasteiger charge is 1.90. The highest BCUT2D eigenvalue weighted by Crippen LogP contribution is 1.83. The molecular formula is C5H14O2Si. The van der Waals surface area contributed by atoms with E-state index in [1.54, 1.807) is 0 Å². The van der Waals surface area contributed by atoms with Crippen molar-refractivity contribution in [3.05, 3.63) is 0 Å². The summed E-state index contributed by atoms with van der Waals surface area (Å²) in [6.07, 6.45) is 0.341. The quantitative estimate of drug-likeness (QED) is 0.410. The minimum atomic E-state index is -0.636. The highest BCUT2D eigenvalue weighted by atomic mass is 28.3. The van der Waals surface area contributed by atoms with Gasteiger partial charge in [0, 0.05) is 12.7 Å². The molecule has 3 heteroatoms. The van der Waals surface area contributed by atoms with Gasteiger partial charge in [-0.15, -0.1) is 0 Å². The van der Waals surface area contributed by atoms with E-state index in [1.807, 2.05) is 20.8 Å². The molecule has 0 aromatic rings. The fourth-order valence-corrected chi connectivity index (χ4v) is 0.803. The summed E-state index contributed by atoms with van der Waals surface area (Å²) in [7, 11) is -0.636. The lowest BCUT2D eigenvalue weighted by atomic mass is 10.5. The summed E-state index contributed by atoms with van der Waals surface area (Å²) in [5.41, 5.74) is 0. The number of rotatable bonds is 4. The van der Waals surface area contributed by atoms with Crippen LogP contribution in [0.1, 0.15) is 20.8 Å². The fraction of sp³-hybridized carbons (Fsp3) is 1.00. The molecule has 8 heavy (non-hydrogen) atoms. The standard InChI is InChI=1S/C5H14O2Si/c1-4-6-8-7-5(2)3/h5H,4,8H2,1-3H3. The van der Waals surface area contributed by atoms with Crippen LogP contribution in [0.4, 0.5) is 0 Å². The normalized spacial score (nSPS) is 12.0. The summed E-state index contributed by atoms with van der Waals surface area (Å²) < 4.78 is 10.3. The molecule has 0 aromatic heterocycles. The minimum Gasteiger partial charge on any atom is -0.399 e. The molecule has 0 atom stereocenters. The van der Waals surface area contributed by atoms with Crippen LogP contribution in [0.3, 0.4) is 0 Å². The Morgan fingerprint density at radius 2 is 2.12 bits per heavy atom. The highest BCUT2D eigenvalue weighted by molar-refractivity contribution is 6.17. The molecule has 2 nitrogen and oxygen atoms in total. The van der Waals surface area contributed by atoms with Gasteiger partial charge in [0.25, 0.3) is 0 Å². The van der Waals surface area contributed by atoms with Gasteiger partial charge in [-0.1, -0.05) is 0 Å². The van der Waals surface area contributed by atoms with Crippen LogP contribution in [0.5, 0.6) is 0 Å². The van der Waals surface area contributed by atoms with E-state index in [-0.39, 0.29) is 0 Å². The van der Waals surface area contributed by atoms with Crippen LogP contribution in [0.15, 0.2) is 0 Å². The Morgan fingerprint density at radius 3 is 2.50 bits per heavy atom. The lowest BCUT2D eigenvalue weighted by Gasteiger charge is -2.05. The Hall–Kier alpha value is 0.137. The topological polar surface area (TPSA) is 18.5 Å². The van der Waals surface area contributed by atoms with Gasteiger partial charge in [0.1, 0.15) is 0 Å². The Balaban J connectivity index is 2.72. The molecular weight excluding hydrogens is 120 g/mol. The average Bonchev–Trinajstić information content (AvgIpc) is 1.66. The van der Waals surface area contributed by atoms with Gasteiger partial charge in [-0.3, -0.25) is 0 Å². The van der Waals surface area contributed by atoms with E-state index in [1.165, 1.54) is 0 Å². The van der Waals surface area contributed by atoms with E-state index in [0.717, 1.165) is 6.61 Å². The van der Waals surface area contributed by atoms with E-state index >= 15 is 0 Å². The van der Waals surface area contributed by atoms with Gasteiger partial charge in [0.15, 0.2) is 0 Å². The largest absolute Gasteiger partial charge is 0.399 e. The zero-order valence-electron chi connectivity index (χ0n) is 5.81. The first kappa shape index (κ1) is 8.14. The molecule has 0 spiro atoms. The summed E-state index contributed by atoms with van der Waals surface area (Å²) in [4.78, 5) is 0. The lowest BCUT2D eigenvalue weighted by Crippen LogP contribution is -2.10. The molecule has 0 heterocycles. The second kappa shape index (κ2) is 5.28. The Bertz CT molecular complexity index is 47.7. The Morgan fingerprint density at radius 1 is 1.50 bits per heavy atom. The molecule has 0 bridgehead atoms. The monoisotopic (exact) mass is 134 g/mol. The van der Waals surface area contributed by atoms with Crippen molar-refractivity contribution in [2.75, 3.05) is 6.61 Å². The van der Waals surface area contributed by atoms with Crippen LogP contribution >= 0.6 is 0 Å². The molecule has 0 N–H and O–H groups in total. The van der Waals surface area contributed by atoms with Crippen molar-refractivity contribution >= 4 is 10.0 Å². The molecule has 50 valence electrons. The molecule has 0 saturated carbocycles. The Kier molecular flexibility index (Phi) is 5.37. The first-order valence-corrected chi connectivity index (χ1v) is 4.12. The summed E-state index contributed by atoms with van der Waals surface area (Å²) in [6.45, 7) is 6.81. The van der Waals surface area contributed by atoms with E-state index in [4.69, 9.17) is 8.85 Å². The molecule has 0 unspecified atom stereocenters. The predicted octanol–water partition coefficient (Wildman–Crippen LogP) is 0.447. The maximum absolute atomic E-state index is 5.20. The zero-order valence-corrected chi connectivity index (χ0v) is 7.22. The van der Waals surface area contributed by atoms with Crippen LogP contribution in [0.25, 0.3) is 0 Å². The van der Waals surface area contributed by atoms with Crippen LogP contribution in [-0.2, 0) is 8.85 Å².